The van der Waals surface area contributed by atoms with Gasteiger partial charge in [0.25, 0.3) is 11.4 Å². The zero-order valence-electron chi connectivity index (χ0n) is 24.2. The number of aliphatic hydroxyl groups is 1. The fraction of sp³-hybridized carbons (Fsp3) is 0.312. The summed E-state index contributed by atoms with van der Waals surface area (Å²) in [6.07, 6.45) is 4.25. The Bertz CT molecular complexity index is 1890. The van der Waals surface area contributed by atoms with Crippen LogP contribution in [0.3, 0.4) is 0 Å². The maximum absolute atomic E-state index is 12.5. The topological polar surface area (TPSA) is 136 Å². The van der Waals surface area contributed by atoms with Gasteiger partial charge in [0.05, 0.1) is 6.54 Å². The number of hydrogen-bond donors (Lipinski definition) is 1. The van der Waals surface area contributed by atoms with Crippen LogP contribution in [0.2, 0.25) is 0 Å². The van der Waals surface area contributed by atoms with Gasteiger partial charge in [-0.2, -0.15) is 4.98 Å². The van der Waals surface area contributed by atoms with E-state index < -0.39 is 5.60 Å². The van der Waals surface area contributed by atoms with Crippen molar-refractivity contribution >= 4 is 17.2 Å². The van der Waals surface area contributed by atoms with Crippen molar-refractivity contribution < 1.29 is 19.2 Å². The van der Waals surface area contributed by atoms with Gasteiger partial charge in [-0.3, -0.25) is 9.59 Å². The first-order chi connectivity index (χ1) is 21.2. The van der Waals surface area contributed by atoms with Crippen molar-refractivity contribution in [1.29, 1.82) is 0 Å². The minimum absolute atomic E-state index is 0.0911. The average molecular weight is 611 g/mol. The Labute approximate surface area is 256 Å². The first-order valence-electron chi connectivity index (χ1n) is 14.5. The van der Waals surface area contributed by atoms with Crippen molar-refractivity contribution in [2.24, 2.45) is 0 Å². The highest BCUT2D eigenvalue weighted by molar-refractivity contribution is 7.14. The molecule has 1 aliphatic heterocycles. The Morgan fingerprint density at radius 1 is 1.05 bits per heavy atom. The van der Waals surface area contributed by atoms with Gasteiger partial charge in [-0.15, -0.1) is 10.2 Å². The lowest BCUT2D eigenvalue weighted by molar-refractivity contribution is -0.128. The van der Waals surface area contributed by atoms with Crippen molar-refractivity contribution in [3.05, 3.63) is 93.6 Å². The maximum Gasteiger partial charge on any atom is 0.258 e. The summed E-state index contributed by atoms with van der Waals surface area (Å²) >= 11 is 1.33. The molecule has 1 amide bonds. The van der Waals surface area contributed by atoms with Crippen LogP contribution in [0.5, 0.6) is 11.5 Å². The Morgan fingerprint density at radius 3 is 2.57 bits per heavy atom. The molecule has 4 heterocycles. The van der Waals surface area contributed by atoms with Gasteiger partial charge in [0, 0.05) is 53.9 Å². The molecule has 1 aliphatic carbocycles. The first kappa shape index (κ1) is 28.1. The van der Waals surface area contributed by atoms with Crippen LogP contribution in [-0.4, -0.2) is 53.4 Å². The summed E-state index contributed by atoms with van der Waals surface area (Å²) in [5.74, 6) is 2.03. The van der Waals surface area contributed by atoms with Crippen molar-refractivity contribution in [3.8, 4) is 33.5 Å². The van der Waals surface area contributed by atoms with E-state index in [0.29, 0.717) is 64.3 Å². The quantitative estimate of drug-likeness (QED) is 0.245. The largest absolute Gasteiger partial charge is 0.457 e. The molecule has 2 aliphatic rings. The predicted octanol–water partition coefficient (Wildman–Crippen LogP) is 4.96. The Hall–Kier alpha value is -4.68. The summed E-state index contributed by atoms with van der Waals surface area (Å²) in [6, 6.07) is 18.4. The molecule has 0 unspecified atom stereocenters. The van der Waals surface area contributed by atoms with Crippen LogP contribution in [0.25, 0.3) is 22.0 Å². The van der Waals surface area contributed by atoms with Gasteiger partial charge in [-0.25, -0.2) is 0 Å². The number of pyridine rings is 1. The molecule has 0 spiro atoms. The molecule has 0 bridgehead atoms. The predicted molar refractivity (Wildman–Crippen MR) is 162 cm³/mol. The molecule has 224 valence electrons. The molecule has 1 atom stereocenters. The van der Waals surface area contributed by atoms with Crippen LogP contribution in [0.4, 0.5) is 0 Å². The molecule has 11 nitrogen and oxygen atoms in total. The van der Waals surface area contributed by atoms with E-state index in [1.807, 2.05) is 53.4 Å². The molecule has 7 rings (SSSR count). The molecule has 44 heavy (non-hydrogen) atoms. The van der Waals surface area contributed by atoms with Crippen molar-refractivity contribution in [3.63, 3.8) is 0 Å². The number of carbonyl (C=O) groups excluding carboxylic acids is 1. The molecule has 1 saturated heterocycles. The van der Waals surface area contributed by atoms with Crippen LogP contribution in [0.1, 0.15) is 55.4 Å². The van der Waals surface area contributed by atoms with Gasteiger partial charge in [0.1, 0.15) is 27.1 Å². The minimum atomic E-state index is -1.06. The zero-order valence-corrected chi connectivity index (χ0v) is 25.0. The number of rotatable bonds is 9. The molecule has 3 aromatic heterocycles. The number of hydrogen-bond acceptors (Lipinski definition) is 10. The average Bonchev–Trinajstić information content (AvgIpc) is 3.36. The van der Waals surface area contributed by atoms with E-state index in [1.165, 1.54) is 17.4 Å². The van der Waals surface area contributed by atoms with Gasteiger partial charge in [0.15, 0.2) is 5.82 Å². The number of likely N-dealkylation sites (tertiary alicyclic amines) is 1. The van der Waals surface area contributed by atoms with Gasteiger partial charge < -0.3 is 23.8 Å². The number of amides is 1. The minimum Gasteiger partial charge on any atom is -0.457 e. The fourth-order valence-corrected chi connectivity index (χ4v) is 6.08. The van der Waals surface area contributed by atoms with E-state index in [-0.39, 0.29) is 17.4 Å². The number of ether oxygens (including phenoxy) is 1. The van der Waals surface area contributed by atoms with E-state index in [0.717, 1.165) is 24.0 Å². The van der Waals surface area contributed by atoms with Crippen LogP contribution < -0.4 is 10.3 Å². The number of benzene rings is 2. The second-order valence-electron chi connectivity index (χ2n) is 11.7. The van der Waals surface area contributed by atoms with E-state index in [4.69, 9.17) is 9.26 Å². The first-order valence-corrected chi connectivity index (χ1v) is 15.3. The molecule has 1 saturated carbocycles. The summed E-state index contributed by atoms with van der Waals surface area (Å²) in [5.41, 5.74) is 1.11. The standard InChI is InChI=1S/C32H30N6O5S/c1-32(2,41)31-35-34-30(44-31)19-8-12-24(13-9-19)42-25-15-20(6-7-21(25)17-37-14-4-3-5-26(37)39)29-33-28(36-43-29)22-16-27(40)38(18-22)23-10-11-23/h3-9,12-15,22-23,41H,10-11,16-18H2,1-2H3/t22-/m0/s1. The second-order valence-corrected chi connectivity index (χ2v) is 12.7. The Kier molecular flexibility index (Phi) is 7.10. The summed E-state index contributed by atoms with van der Waals surface area (Å²) in [5, 5.41) is 24.0. The van der Waals surface area contributed by atoms with Gasteiger partial charge >= 0.3 is 0 Å². The fourth-order valence-electron chi connectivity index (χ4n) is 5.23. The van der Waals surface area contributed by atoms with E-state index in [9.17, 15) is 14.7 Å². The molecular weight excluding hydrogens is 580 g/mol. The highest BCUT2D eigenvalue weighted by Gasteiger charge is 2.41. The third-order valence-corrected chi connectivity index (χ3v) is 9.07. The number of carbonyl (C=O) groups is 1. The normalized spacial score (nSPS) is 16.9. The van der Waals surface area contributed by atoms with Crippen LogP contribution in [-0.2, 0) is 16.9 Å². The van der Waals surface area contributed by atoms with Crippen LogP contribution in [0.15, 0.2) is 76.2 Å². The van der Waals surface area contributed by atoms with E-state index >= 15 is 0 Å². The Morgan fingerprint density at radius 2 is 1.84 bits per heavy atom. The zero-order chi connectivity index (χ0) is 30.4. The summed E-state index contributed by atoms with van der Waals surface area (Å²) in [6.45, 7) is 4.27. The lowest BCUT2D eigenvalue weighted by Crippen LogP contribution is -2.27. The third kappa shape index (κ3) is 5.78. The second kappa shape index (κ2) is 11.1. The van der Waals surface area contributed by atoms with Crippen LogP contribution in [0, 0.1) is 0 Å². The lowest BCUT2D eigenvalue weighted by atomic mass is 10.1. The highest BCUT2D eigenvalue weighted by atomic mass is 32.1. The van der Waals surface area contributed by atoms with Gasteiger partial charge in [0.2, 0.25) is 5.91 Å². The van der Waals surface area contributed by atoms with Gasteiger partial charge in [-0.1, -0.05) is 28.6 Å². The summed E-state index contributed by atoms with van der Waals surface area (Å²) in [7, 11) is 0. The Balaban J connectivity index is 1.16. The molecular formula is C32H30N6O5S. The van der Waals surface area contributed by atoms with Gasteiger partial charge in [-0.05, 0) is 69.2 Å². The SMILES string of the molecule is CC(C)(O)c1nnc(-c2ccc(Oc3cc(-c4nc([C@H]5CC(=O)N(C6CC6)C5)no4)ccc3Cn3ccccc3=O)cc2)s1. The summed E-state index contributed by atoms with van der Waals surface area (Å²) in [4.78, 5) is 31.5. The molecule has 12 heteroatoms. The van der Waals surface area contributed by atoms with E-state index in [2.05, 4.69) is 20.3 Å². The molecule has 0 radical (unpaired) electrons. The monoisotopic (exact) mass is 610 g/mol. The van der Waals surface area contributed by atoms with Crippen molar-refractivity contribution in [2.75, 3.05) is 6.54 Å². The number of nitrogens with zero attached hydrogens (tertiary/aromatic N) is 6. The van der Waals surface area contributed by atoms with Crippen molar-refractivity contribution in [2.45, 2.75) is 57.2 Å². The highest BCUT2D eigenvalue weighted by Crippen LogP contribution is 2.37. The van der Waals surface area contributed by atoms with Crippen molar-refractivity contribution in [1.82, 2.24) is 29.8 Å². The molecule has 2 aromatic carbocycles. The molecule has 2 fully saturated rings. The summed E-state index contributed by atoms with van der Waals surface area (Å²) < 4.78 is 13.6. The third-order valence-electron chi connectivity index (χ3n) is 7.78. The smallest absolute Gasteiger partial charge is 0.258 e. The lowest BCUT2D eigenvalue weighted by Gasteiger charge is -2.14. The maximum atomic E-state index is 12.5. The molecule has 5 aromatic rings. The van der Waals surface area contributed by atoms with Crippen LogP contribution >= 0.6 is 11.3 Å². The van der Waals surface area contributed by atoms with E-state index in [1.54, 1.807) is 30.7 Å². The number of aromatic nitrogens is 5. The molecule has 1 N–H and O–H groups in total.